The minimum atomic E-state index is -1.27. The zero-order chi connectivity index (χ0) is 13.7. The third kappa shape index (κ3) is 6.14. The molecule has 0 rings (SSSR count). The summed E-state index contributed by atoms with van der Waals surface area (Å²) in [6.07, 6.45) is 1.30. The molecule has 17 heavy (non-hydrogen) atoms. The average Bonchev–Trinajstić information content (AvgIpc) is 2.11. The van der Waals surface area contributed by atoms with Gasteiger partial charge in [-0.15, -0.1) is 0 Å². The molecule has 5 heteroatoms. The molecule has 0 saturated heterocycles. The highest BCUT2D eigenvalue weighted by Crippen LogP contribution is 2.16. The first-order chi connectivity index (χ1) is 7.60. The first kappa shape index (κ1) is 15.7. The van der Waals surface area contributed by atoms with Crippen LogP contribution in [0.1, 0.15) is 53.9 Å². The zero-order valence-electron chi connectivity index (χ0n) is 11.3. The highest BCUT2D eigenvalue weighted by molar-refractivity contribution is 5.83. The van der Waals surface area contributed by atoms with Crippen molar-refractivity contribution in [2.24, 2.45) is 0 Å². The van der Waals surface area contributed by atoms with Crippen LogP contribution in [-0.2, 0) is 9.53 Å². The summed E-state index contributed by atoms with van der Waals surface area (Å²) >= 11 is 0. The van der Waals surface area contributed by atoms with Crippen molar-refractivity contribution in [3.63, 3.8) is 0 Å². The standard InChI is InChI=1S/C12H23NO4/c1-6-7-8-12(5,9(14)15)13-10(16)17-11(2,3)4/h6-8H2,1-5H3,(H,13,16)(H,14,15). The van der Waals surface area contributed by atoms with E-state index in [1.807, 2.05) is 6.92 Å². The van der Waals surface area contributed by atoms with Crippen molar-refractivity contribution in [3.8, 4) is 0 Å². The lowest BCUT2D eigenvalue weighted by Gasteiger charge is -2.28. The van der Waals surface area contributed by atoms with E-state index >= 15 is 0 Å². The van der Waals surface area contributed by atoms with Gasteiger partial charge < -0.3 is 15.2 Å². The summed E-state index contributed by atoms with van der Waals surface area (Å²) in [5, 5.41) is 11.6. The number of unbranched alkanes of at least 4 members (excludes halogenated alkanes) is 1. The Morgan fingerprint density at radius 3 is 2.12 bits per heavy atom. The lowest BCUT2D eigenvalue weighted by atomic mass is 9.95. The molecule has 2 N–H and O–H groups in total. The number of ether oxygens (including phenoxy) is 1. The van der Waals surface area contributed by atoms with E-state index in [1.54, 1.807) is 20.8 Å². The number of nitrogens with one attached hydrogen (secondary N) is 1. The van der Waals surface area contributed by atoms with Gasteiger partial charge in [0.05, 0.1) is 0 Å². The Morgan fingerprint density at radius 2 is 1.76 bits per heavy atom. The van der Waals surface area contributed by atoms with Gasteiger partial charge in [-0.2, -0.15) is 0 Å². The van der Waals surface area contributed by atoms with E-state index < -0.39 is 23.2 Å². The molecule has 1 unspecified atom stereocenters. The quantitative estimate of drug-likeness (QED) is 0.780. The smallest absolute Gasteiger partial charge is 0.408 e. The Hall–Kier alpha value is -1.26. The minimum absolute atomic E-state index is 0.387. The van der Waals surface area contributed by atoms with Crippen LogP contribution in [0, 0.1) is 0 Å². The highest BCUT2D eigenvalue weighted by atomic mass is 16.6. The summed E-state index contributed by atoms with van der Waals surface area (Å²) in [7, 11) is 0. The van der Waals surface area contributed by atoms with Gasteiger partial charge in [0, 0.05) is 0 Å². The first-order valence-electron chi connectivity index (χ1n) is 5.85. The van der Waals surface area contributed by atoms with E-state index in [2.05, 4.69) is 5.32 Å². The number of carboxylic acid groups (broad SMARTS) is 1. The number of carbonyl (C=O) groups is 2. The number of carboxylic acids is 1. The molecule has 0 saturated carbocycles. The largest absolute Gasteiger partial charge is 0.480 e. The van der Waals surface area contributed by atoms with Gasteiger partial charge in [-0.05, 0) is 34.1 Å². The fraction of sp³-hybridized carbons (Fsp3) is 0.833. The van der Waals surface area contributed by atoms with Gasteiger partial charge in [-0.25, -0.2) is 9.59 Å². The van der Waals surface area contributed by atoms with Crippen molar-refractivity contribution in [1.29, 1.82) is 0 Å². The van der Waals surface area contributed by atoms with Crippen LogP contribution in [0.2, 0.25) is 0 Å². The van der Waals surface area contributed by atoms with Crippen LogP contribution < -0.4 is 5.32 Å². The van der Waals surface area contributed by atoms with Crippen LogP contribution in [-0.4, -0.2) is 28.3 Å². The Labute approximate surface area is 103 Å². The maximum absolute atomic E-state index is 11.5. The Kier molecular flexibility index (Phi) is 5.45. The minimum Gasteiger partial charge on any atom is -0.480 e. The molecule has 0 aliphatic heterocycles. The lowest BCUT2D eigenvalue weighted by Crippen LogP contribution is -2.53. The molecule has 100 valence electrons. The molecule has 0 spiro atoms. The SMILES string of the molecule is CCCCC(C)(NC(=O)OC(C)(C)C)C(=O)O. The molecule has 0 bridgehead atoms. The third-order valence-corrected chi connectivity index (χ3v) is 2.28. The van der Waals surface area contributed by atoms with Crippen molar-refractivity contribution in [2.45, 2.75) is 65.0 Å². The van der Waals surface area contributed by atoms with Crippen LogP contribution >= 0.6 is 0 Å². The highest BCUT2D eigenvalue weighted by Gasteiger charge is 2.35. The average molecular weight is 245 g/mol. The topological polar surface area (TPSA) is 75.6 Å². The van der Waals surface area contributed by atoms with Crippen LogP contribution in [0.25, 0.3) is 0 Å². The zero-order valence-corrected chi connectivity index (χ0v) is 11.3. The van der Waals surface area contributed by atoms with Gasteiger partial charge in [-0.1, -0.05) is 19.8 Å². The summed E-state index contributed by atoms with van der Waals surface area (Å²) in [6, 6.07) is 0. The van der Waals surface area contributed by atoms with E-state index in [-0.39, 0.29) is 0 Å². The third-order valence-electron chi connectivity index (χ3n) is 2.28. The second-order valence-electron chi connectivity index (χ2n) is 5.37. The molecule has 1 atom stereocenters. The molecule has 0 heterocycles. The molecule has 0 aromatic heterocycles. The second-order valence-corrected chi connectivity index (χ2v) is 5.37. The van der Waals surface area contributed by atoms with Crippen molar-refractivity contribution in [2.75, 3.05) is 0 Å². The fourth-order valence-corrected chi connectivity index (χ4v) is 1.28. The number of hydrogen-bond acceptors (Lipinski definition) is 3. The van der Waals surface area contributed by atoms with Gasteiger partial charge in [0.15, 0.2) is 0 Å². The number of aliphatic carboxylic acids is 1. The normalized spacial score (nSPS) is 14.9. The van der Waals surface area contributed by atoms with Crippen molar-refractivity contribution in [3.05, 3.63) is 0 Å². The predicted molar refractivity (Wildman–Crippen MR) is 64.9 cm³/mol. The van der Waals surface area contributed by atoms with Crippen LogP contribution in [0.15, 0.2) is 0 Å². The van der Waals surface area contributed by atoms with Crippen LogP contribution in [0.4, 0.5) is 4.79 Å². The number of rotatable bonds is 5. The maximum Gasteiger partial charge on any atom is 0.408 e. The molecule has 0 aromatic rings. The number of amides is 1. The molecule has 0 fully saturated rings. The first-order valence-corrected chi connectivity index (χ1v) is 5.85. The summed E-state index contributed by atoms with van der Waals surface area (Å²) in [6.45, 7) is 8.66. The summed E-state index contributed by atoms with van der Waals surface area (Å²) in [5.41, 5.74) is -1.90. The van der Waals surface area contributed by atoms with E-state index in [4.69, 9.17) is 9.84 Å². The van der Waals surface area contributed by atoms with Gasteiger partial charge >= 0.3 is 12.1 Å². The van der Waals surface area contributed by atoms with Crippen molar-refractivity contribution in [1.82, 2.24) is 5.32 Å². The molecule has 0 aromatic carbocycles. The summed E-state index contributed by atoms with van der Waals surface area (Å²) < 4.78 is 5.05. The molecular formula is C12H23NO4. The summed E-state index contributed by atoms with van der Waals surface area (Å²) in [5.74, 6) is -1.04. The van der Waals surface area contributed by atoms with Crippen LogP contribution in [0.3, 0.4) is 0 Å². The molecule has 1 amide bonds. The maximum atomic E-state index is 11.5. The Balaban J connectivity index is 4.55. The van der Waals surface area contributed by atoms with E-state index in [0.717, 1.165) is 12.8 Å². The Morgan fingerprint density at radius 1 is 1.24 bits per heavy atom. The van der Waals surface area contributed by atoms with Gasteiger partial charge in [0.25, 0.3) is 0 Å². The van der Waals surface area contributed by atoms with E-state index in [1.165, 1.54) is 6.92 Å². The van der Waals surface area contributed by atoms with Crippen molar-refractivity contribution < 1.29 is 19.4 Å². The Bertz CT molecular complexity index is 283. The van der Waals surface area contributed by atoms with Crippen LogP contribution in [0.5, 0.6) is 0 Å². The molecule has 5 nitrogen and oxygen atoms in total. The number of carbonyl (C=O) groups excluding carboxylic acids is 1. The molecule has 0 aliphatic rings. The fourth-order valence-electron chi connectivity index (χ4n) is 1.28. The number of hydrogen-bond donors (Lipinski definition) is 2. The second kappa shape index (κ2) is 5.89. The van der Waals surface area contributed by atoms with Gasteiger partial charge in [0.2, 0.25) is 0 Å². The lowest BCUT2D eigenvalue weighted by molar-refractivity contribution is -0.144. The van der Waals surface area contributed by atoms with Gasteiger partial charge in [0.1, 0.15) is 11.1 Å². The summed E-state index contributed by atoms with van der Waals surface area (Å²) in [4.78, 5) is 22.7. The number of alkyl carbamates (subject to hydrolysis) is 1. The van der Waals surface area contributed by atoms with Gasteiger partial charge in [-0.3, -0.25) is 0 Å². The predicted octanol–water partition coefficient (Wildman–Crippen LogP) is 2.54. The van der Waals surface area contributed by atoms with Crippen molar-refractivity contribution >= 4 is 12.1 Å². The van der Waals surface area contributed by atoms with E-state index in [0.29, 0.717) is 6.42 Å². The molecule has 0 radical (unpaired) electrons. The monoisotopic (exact) mass is 245 g/mol. The van der Waals surface area contributed by atoms with E-state index in [9.17, 15) is 9.59 Å². The molecule has 0 aliphatic carbocycles. The molecular weight excluding hydrogens is 222 g/mol.